The first-order chi connectivity index (χ1) is 18.4. The van der Waals surface area contributed by atoms with Crippen LogP contribution >= 0.6 is 8.86 Å². The molecule has 9 heteroatoms. The van der Waals surface area contributed by atoms with E-state index in [1.54, 1.807) is 34.0 Å². The molecule has 1 saturated heterocycles. The van der Waals surface area contributed by atoms with E-state index >= 15 is 4.39 Å². The standard InChI is InChI=1S/C29H29FN5O2P/c1-33-17-19(15-31-33)23-14-24(23)27-25(29(37)38)16-32-35(27)20-8-5-7-18(13-20)21-9-6-10-22(26(21)30)28(36)34-11-3-2-4-12-34/h5-10,13,15-17,23-24,37-38H,2-4,11-12,14H2,1H3. The van der Waals surface area contributed by atoms with Crippen LogP contribution in [0.25, 0.3) is 16.8 Å². The van der Waals surface area contributed by atoms with Crippen LogP contribution in [0.15, 0.2) is 61.1 Å². The molecule has 0 radical (unpaired) electrons. The van der Waals surface area contributed by atoms with Gasteiger partial charge in [-0.2, -0.15) is 10.2 Å². The van der Waals surface area contributed by atoms with Gasteiger partial charge in [0, 0.05) is 37.8 Å². The fraction of sp³-hybridized carbons (Fsp3) is 0.310. The second-order valence-corrected chi connectivity index (χ2v) is 10.6. The first kappa shape index (κ1) is 24.7. The van der Waals surface area contributed by atoms with Crippen LogP contribution in [0.3, 0.4) is 0 Å². The molecule has 2 aromatic carbocycles. The molecule has 2 aromatic heterocycles. The van der Waals surface area contributed by atoms with Gasteiger partial charge in [0.05, 0.1) is 34.9 Å². The molecular weight excluding hydrogens is 500 g/mol. The second-order valence-electron chi connectivity index (χ2n) is 10.2. The molecule has 3 heterocycles. The monoisotopic (exact) mass is 529 g/mol. The lowest BCUT2D eigenvalue weighted by Gasteiger charge is -2.27. The highest BCUT2D eigenvalue weighted by Gasteiger charge is 2.44. The summed E-state index contributed by atoms with van der Waals surface area (Å²) in [5.41, 5.74) is 4.57. The third-order valence-corrected chi connectivity index (χ3v) is 7.90. The van der Waals surface area contributed by atoms with Crippen molar-refractivity contribution in [3.8, 4) is 16.8 Å². The van der Waals surface area contributed by atoms with Crippen LogP contribution in [0, 0.1) is 5.82 Å². The first-order valence-corrected chi connectivity index (χ1v) is 13.5. The number of aromatic nitrogens is 4. The number of aliphatic hydroxyl groups is 1. The Hall–Kier alpha value is -3.61. The van der Waals surface area contributed by atoms with Crippen molar-refractivity contribution in [2.24, 2.45) is 7.05 Å². The minimum atomic E-state index is -0.508. The number of aliphatic hydroxyl groups excluding tert-OH is 1. The number of benzene rings is 2. The van der Waals surface area contributed by atoms with Gasteiger partial charge in [-0.25, -0.2) is 9.07 Å². The zero-order valence-corrected chi connectivity index (χ0v) is 22.1. The van der Waals surface area contributed by atoms with Crippen molar-refractivity contribution >= 4 is 20.3 Å². The summed E-state index contributed by atoms with van der Waals surface area (Å²) >= 11 is 0. The zero-order valence-electron chi connectivity index (χ0n) is 21.1. The first-order valence-electron chi connectivity index (χ1n) is 13.0. The Morgan fingerprint density at radius 2 is 1.82 bits per heavy atom. The maximum absolute atomic E-state index is 15.7. The number of carbonyl (C=O) groups is 1. The molecule has 1 saturated carbocycles. The molecule has 194 valence electrons. The molecule has 1 amide bonds. The number of amides is 1. The number of hydrogen-bond donors (Lipinski definition) is 1. The zero-order chi connectivity index (χ0) is 26.4. The number of rotatable bonds is 6. The molecule has 4 aromatic rings. The normalized spacial score (nSPS) is 19.0. The number of carbonyl (C=O) groups excluding carboxylic acids is 1. The molecule has 6 rings (SSSR count). The molecular formula is C29H29FN5O2P. The van der Waals surface area contributed by atoms with Gasteiger partial charge in [0.15, 0.2) is 0 Å². The van der Waals surface area contributed by atoms with Crippen LogP contribution < -0.4 is 0 Å². The summed E-state index contributed by atoms with van der Waals surface area (Å²) in [6.07, 6.45) is 9.46. The van der Waals surface area contributed by atoms with Crippen molar-refractivity contribution in [1.29, 1.82) is 0 Å². The Balaban J connectivity index is 1.35. The number of piperidine rings is 1. The lowest BCUT2D eigenvalue weighted by molar-refractivity contribution is 0.0719. The van der Waals surface area contributed by atoms with Gasteiger partial charge in [0.25, 0.3) is 5.91 Å². The van der Waals surface area contributed by atoms with Crippen LogP contribution in [0.4, 0.5) is 4.39 Å². The average Bonchev–Trinajstić information content (AvgIpc) is 3.37. The van der Waals surface area contributed by atoms with E-state index in [0.717, 1.165) is 42.6 Å². The molecule has 0 bridgehead atoms. The minimum Gasteiger partial charge on any atom is -0.356 e. The second kappa shape index (κ2) is 9.93. The lowest BCUT2D eigenvalue weighted by atomic mass is 10.00. The maximum atomic E-state index is 15.7. The predicted molar refractivity (Wildman–Crippen MR) is 146 cm³/mol. The van der Waals surface area contributed by atoms with Crippen molar-refractivity contribution in [2.75, 3.05) is 13.1 Å². The molecule has 2 unspecified atom stereocenters. The van der Waals surface area contributed by atoms with E-state index in [-0.39, 0.29) is 28.8 Å². The van der Waals surface area contributed by atoms with Gasteiger partial charge < -0.3 is 10.0 Å². The molecule has 7 nitrogen and oxygen atoms in total. The molecule has 2 atom stereocenters. The Morgan fingerprint density at radius 3 is 2.55 bits per heavy atom. The number of hydrogen-bond acceptors (Lipinski definition) is 3. The summed E-state index contributed by atoms with van der Waals surface area (Å²) in [7, 11) is 5.18. The summed E-state index contributed by atoms with van der Waals surface area (Å²) in [5.74, 6) is -0.327. The van der Waals surface area contributed by atoms with E-state index in [9.17, 15) is 9.90 Å². The Labute approximate surface area is 222 Å². The summed E-state index contributed by atoms with van der Waals surface area (Å²) in [6.45, 7) is 1.34. The quantitative estimate of drug-likeness (QED) is 0.344. The summed E-state index contributed by atoms with van der Waals surface area (Å²) in [4.78, 5) is 14.8. The van der Waals surface area contributed by atoms with E-state index in [1.807, 2.05) is 48.4 Å². The van der Waals surface area contributed by atoms with Gasteiger partial charge in [0.2, 0.25) is 0 Å². The van der Waals surface area contributed by atoms with Crippen molar-refractivity contribution in [3.63, 3.8) is 0 Å². The van der Waals surface area contributed by atoms with Crippen molar-refractivity contribution < 1.29 is 14.3 Å². The fourth-order valence-electron chi connectivity index (χ4n) is 5.59. The Kier molecular flexibility index (Phi) is 6.46. The third-order valence-electron chi connectivity index (χ3n) is 7.63. The van der Waals surface area contributed by atoms with Gasteiger partial charge in [-0.3, -0.25) is 9.48 Å². The molecule has 2 fully saturated rings. The lowest BCUT2D eigenvalue weighted by Crippen LogP contribution is -2.36. The summed E-state index contributed by atoms with van der Waals surface area (Å²) in [6, 6.07) is 12.5. The van der Waals surface area contributed by atoms with E-state index < -0.39 is 5.82 Å². The van der Waals surface area contributed by atoms with Crippen LogP contribution in [0.1, 0.15) is 64.7 Å². The molecule has 1 aliphatic heterocycles. The summed E-state index contributed by atoms with van der Waals surface area (Å²) in [5, 5.41) is 19.2. The smallest absolute Gasteiger partial charge is 0.256 e. The SMILES string of the molecule is Cn1cc(C2CC2c2c(C(O)=P)cnn2-c2cccc(-c3cccc(C(=O)N4CCCCC4)c3F)c2)cn1. The van der Waals surface area contributed by atoms with Crippen LogP contribution in [0.2, 0.25) is 0 Å². The van der Waals surface area contributed by atoms with Gasteiger partial charge in [-0.1, -0.05) is 33.1 Å². The topological polar surface area (TPSA) is 76.2 Å². The van der Waals surface area contributed by atoms with Gasteiger partial charge in [-0.15, -0.1) is 0 Å². The van der Waals surface area contributed by atoms with Gasteiger partial charge in [0.1, 0.15) is 11.3 Å². The van der Waals surface area contributed by atoms with Crippen molar-refractivity contribution in [1.82, 2.24) is 24.5 Å². The highest BCUT2D eigenvalue weighted by molar-refractivity contribution is 7.21. The fourth-order valence-corrected chi connectivity index (χ4v) is 5.79. The van der Waals surface area contributed by atoms with Gasteiger partial charge in [-0.05, 0) is 60.9 Å². The Bertz CT molecular complexity index is 1540. The molecule has 38 heavy (non-hydrogen) atoms. The highest BCUT2D eigenvalue weighted by atomic mass is 31.0. The van der Waals surface area contributed by atoms with Crippen LogP contribution in [0.5, 0.6) is 0 Å². The Morgan fingerprint density at radius 1 is 1.03 bits per heavy atom. The largest absolute Gasteiger partial charge is 0.356 e. The molecule has 0 spiro atoms. The third kappa shape index (κ3) is 4.48. The van der Waals surface area contributed by atoms with E-state index in [1.165, 1.54) is 0 Å². The minimum absolute atomic E-state index is 0.0224. The van der Waals surface area contributed by atoms with Crippen LogP contribution in [-0.4, -0.2) is 54.0 Å². The van der Waals surface area contributed by atoms with Crippen LogP contribution in [-0.2, 0) is 7.05 Å². The van der Waals surface area contributed by atoms with Crippen molar-refractivity contribution in [2.45, 2.75) is 37.5 Å². The highest BCUT2D eigenvalue weighted by Crippen LogP contribution is 2.55. The van der Waals surface area contributed by atoms with E-state index in [0.29, 0.717) is 29.8 Å². The van der Waals surface area contributed by atoms with Crippen molar-refractivity contribution in [3.05, 3.63) is 89.3 Å². The van der Waals surface area contributed by atoms with Gasteiger partial charge >= 0.3 is 0 Å². The molecule has 1 aliphatic carbocycles. The number of aryl methyl sites for hydroxylation is 1. The molecule has 2 aliphatic rings. The average molecular weight is 530 g/mol. The number of nitrogens with zero attached hydrogens (tertiary/aromatic N) is 5. The number of halogens is 1. The maximum Gasteiger partial charge on any atom is 0.256 e. The molecule has 1 N–H and O–H groups in total. The van der Waals surface area contributed by atoms with E-state index in [4.69, 9.17) is 0 Å². The summed E-state index contributed by atoms with van der Waals surface area (Å²) < 4.78 is 19.4. The predicted octanol–water partition coefficient (Wildman–Crippen LogP) is 5.30. The van der Waals surface area contributed by atoms with E-state index in [2.05, 4.69) is 19.1 Å². The number of likely N-dealkylation sites (tertiary alicyclic amines) is 1.